The van der Waals surface area contributed by atoms with Gasteiger partial charge >= 0.3 is 0 Å². The Bertz CT molecular complexity index is 821. The van der Waals surface area contributed by atoms with Crippen molar-refractivity contribution in [1.82, 2.24) is 4.72 Å². The van der Waals surface area contributed by atoms with Crippen molar-refractivity contribution in [3.05, 3.63) is 68.7 Å². The first-order valence-corrected chi connectivity index (χ1v) is 8.15. The normalized spacial score (nSPS) is 11.4. The highest BCUT2D eigenvalue weighted by atomic mass is 35.5. The van der Waals surface area contributed by atoms with Crippen molar-refractivity contribution in [3.8, 4) is 0 Å². The molecule has 0 unspecified atom stereocenters. The molecule has 0 aliphatic heterocycles. The predicted molar refractivity (Wildman–Crippen MR) is 83.3 cm³/mol. The monoisotopic (exact) mass is 340 g/mol. The van der Waals surface area contributed by atoms with Crippen molar-refractivity contribution >= 4 is 27.3 Å². The number of nitrogens with zero attached hydrogens (tertiary/aromatic N) is 1. The highest BCUT2D eigenvalue weighted by Gasteiger charge is 2.24. The Kier molecular flexibility index (Phi) is 4.80. The number of nitro benzene ring substituents is 1. The van der Waals surface area contributed by atoms with E-state index in [-0.39, 0.29) is 11.4 Å². The third-order valence-corrected chi connectivity index (χ3v) is 4.79. The van der Waals surface area contributed by atoms with Crippen molar-refractivity contribution in [2.75, 3.05) is 0 Å². The molecule has 0 aliphatic carbocycles. The average Bonchev–Trinajstić information content (AvgIpc) is 2.46. The van der Waals surface area contributed by atoms with E-state index in [0.29, 0.717) is 5.02 Å². The Morgan fingerprint density at radius 3 is 2.55 bits per heavy atom. The summed E-state index contributed by atoms with van der Waals surface area (Å²) in [6.45, 7) is 1.83. The minimum atomic E-state index is -3.99. The lowest BCUT2D eigenvalue weighted by molar-refractivity contribution is -0.387. The van der Waals surface area contributed by atoms with E-state index < -0.39 is 20.6 Å². The number of sulfonamides is 1. The molecule has 116 valence electrons. The molecule has 0 aliphatic rings. The van der Waals surface area contributed by atoms with E-state index in [1.807, 2.05) is 0 Å². The van der Waals surface area contributed by atoms with Gasteiger partial charge in [-0.25, -0.2) is 13.1 Å². The molecule has 2 aromatic carbocycles. The molecule has 0 heterocycles. The Morgan fingerprint density at radius 2 is 1.91 bits per heavy atom. The molecule has 0 amide bonds. The molecule has 0 saturated carbocycles. The molecule has 8 heteroatoms. The van der Waals surface area contributed by atoms with E-state index >= 15 is 0 Å². The van der Waals surface area contributed by atoms with Crippen molar-refractivity contribution in [2.45, 2.75) is 18.4 Å². The van der Waals surface area contributed by atoms with E-state index in [0.717, 1.165) is 17.2 Å². The number of rotatable bonds is 5. The second kappa shape index (κ2) is 6.43. The van der Waals surface area contributed by atoms with Gasteiger partial charge in [-0.05, 0) is 36.2 Å². The fourth-order valence-corrected chi connectivity index (χ4v) is 3.35. The summed E-state index contributed by atoms with van der Waals surface area (Å²) in [7, 11) is -3.99. The molecule has 2 aromatic rings. The topological polar surface area (TPSA) is 89.3 Å². The quantitative estimate of drug-likeness (QED) is 0.669. The number of aryl methyl sites for hydroxylation is 1. The van der Waals surface area contributed by atoms with E-state index in [4.69, 9.17) is 11.6 Å². The lowest BCUT2D eigenvalue weighted by atomic mass is 10.1. The van der Waals surface area contributed by atoms with Crippen LogP contribution in [0.4, 0.5) is 5.69 Å². The van der Waals surface area contributed by atoms with Gasteiger partial charge in [-0.1, -0.05) is 29.8 Å². The van der Waals surface area contributed by atoms with Crippen LogP contribution in [-0.2, 0) is 16.6 Å². The molecule has 0 radical (unpaired) electrons. The van der Waals surface area contributed by atoms with E-state index in [9.17, 15) is 18.5 Å². The van der Waals surface area contributed by atoms with Gasteiger partial charge < -0.3 is 0 Å². The highest BCUT2D eigenvalue weighted by Crippen LogP contribution is 2.23. The van der Waals surface area contributed by atoms with Crippen molar-refractivity contribution < 1.29 is 13.3 Å². The molecule has 0 spiro atoms. The van der Waals surface area contributed by atoms with Crippen LogP contribution in [0.15, 0.2) is 47.4 Å². The standard InChI is InChI=1S/C14H13ClN2O4S/c1-10-8-12(15)7-6-11(10)9-16-22(20,21)14-5-3-2-4-13(14)17(18)19/h2-8,16H,9H2,1H3. The summed E-state index contributed by atoms with van der Waals surface area (Å²) in [6.07, 6.45) is 0. The van der Waals surface area contributed by atoms with Crippen LogP contribution in [0.25, 0.3) is 0 Å². The van der Waals surface area contributed by atoms with Crippen LogP contribution in [-0.4, -0.2) is 13.3 Å². The first-order chi connectivity index (χ1) is 10.3. The van der Waals surface area contributed by atoms with Crippen molar-refractivity contribution in [2.24, 2.45) is 0 Å². The molecule has 22 heavy (non-hydrogen) atoms. The molecule has 0 aromatic heterocycles. The third kappa shape index (κ3) is 3.62. The third-order valence-electron chi connectivity index (χ3n) is 3.11. The zero-order valence-corrected chi connectivity index (χ0v) is 13.2. The van der Waals surface area contributed by atoms with Gasteiger partial charge in [0, 0.05) is 17.6 Å². The molecule has 0 bridgehead atoms. The van der Waals surface area contributed by atoms with Crippen LogP contribution >= 0.6 is 11.6 Å². The Balaban J connectivity index is 2.27. The lowest BCUT2D eigenvalue weighted by Gasteiger charge is -2.09. The number of hydrogen-bond acceptors (Lipinski definition) is 4. The van der Waals surface area contributed by atoms with Crippen LogP contribution in [0.2, 0.25) is 5.02 Å². The highest BCUT2D eigenvalue weighted by molar-refractivity contribution is 7.89. The van der Waals surface area contributed by atoms with E-state index in [1.54, 1.807) is 25.1 Å². The van der Waals surface area contributed by atoms with Gasteiger partial charge in [0.25, 0.3) is 5.69 Å². The first-order valence-electron chi connectivity index (χ1n) is 6.29. The molecular formula is C14H13ClN2O4S. The van der Waals surface area contributed by atoms with E-state index in [2.05, 4.69) is 4.72 Å². The first kappa shape index (κ1) is 16.4. The van der Waals surface area contributed by atoms with Crippen LogP contribution in [0.3, 0.4) is 0 Å². The molecule has 1 N–H and O–H groups in total. The molecule has 0 fully saturated rings. The summed E-state index contributed by atoms with van der Waals surface area (Å²) in [5.74, 6) is 0. The summed E-state index contributed by atoms with van der Waals surface area (Å²) >= 11 is 5.84. The number of para-hydroxylation sites is 1. The number of hydrogen-bond donors (Lipinski definition) is 1. The number of halogens is 1. The van der Waals surface area contributed by atoms with Gasteiger partial charge in [0.2, 0.25) is 10.0 Å². The maximum absolute atomic E-state index is 12.3. The maximum Gasteiger partial charge on any atom is 0.289 e. The largest absolute Gasteiger partial charge is 0.289 e. The van der Waals surface area contributed by atoms with Crippen molar-refractivity contribution in [1.29, 1.82) is 0 Å². The zero-order valence-electron chi connectivity index (χ0n) is 11.6. The van der Waals surface area contributed by atoms with Crippen LogP contribution in [0.1, 0.15) is 11.1 Å². The molecule has 6 nitrogen and oxygen atoms in total. The number of nitro groups is 1. The summed E-state index contributed by atoms with van der Waals surface area (Å²) in [4.78, 5) is 9.86. The average molecular weight is 341 g/mol. The van der Waals surface area contributed by atoms with Gasteiger partial charge in [-0.2, -0.15) is 0 Å². The van der Waals surface area contributed by atoms with E-state index in [1.165, 1.54) is 18.2 Å². The van der Waals surface area contributed by atoms with Crippen LogP contribution < -0.4 is 4.72 Å². The Hall–Kier alpha value is -1.96. The summed E-state index contributed by atoms with van der Waals surface area (Å²) in [5, 5.41) is 11.5. The molecular weight excluding hydrogens is 328 g/mol. The molecule has 0 atom stereocenters. The number of benzene rings is 2. The minimum Gasteiger partial charge on any atom is -0.258 e. The SMILES string of the molecule is Cc1cc(Cl)ccc1CNS(=O)(=O)c1ccccc1[N+](=O)[O-]. The van der Waals surface area contributed by atoms with Crippen molar-refractivity contribution in [3.63, 3.8) is 0 Å². The Morgan fingerprint density at radius 1 is 1.23 bits per heavy atom. The second-order valence-electron chi connectivity index (χ2n) is 4.62. The van der Waals surface area contributed by atoms with Gasteiger partial charge in [0.15, 0.2) is 4.90 Å². The lowest BCUT2D eigenvalue weighted by Crippen LogP contribution is -2.24. The van der Waals surface area contributed by atoms with Gasteiger partial charge in [0.1, 0.15) is 0 Å². The predicted octanol–water partition coefficient (Wildman–Crippen LogP) is 3.04. The van der Waals surface area contributed by atoms with Gasteiger partial charge in [-0.15, -0.1) is 0 Å². The zero-order chi connectivity index (χ0) is 16.3. The summed E-state index contributed by atoms with van der Waals surface area (Å²) < 4.78 is 26.9. The maximum atomic E-state index is 12.3. The smallest absolute Gasteiger partial charge is 0.258 e. The fourth-order valence-electron chi connectivity index (χ4n) is 1.94. The summed E-state index contributed by atoms with van der Waals surface area (Å²) in [6, 6.07) is 10.3. The fraction of sp³-hybridized carbons (Fsp3) is 0.143. The minimum absolute atomic E-state index is 0.0252. The van der Waals surface area contributed by atoms with Gasteiger partial charge in [-0.3, -0.25) is 10.1 Å². The Labute approximate surface area is 132 Å². The van der Waals surface area contributed by atoms with Gasteiger partial charge in [0.05, 0.1) is 4.92 Å². The van der Waals surface area contributed by atoms with Crippen LogP contribution in [0.5, 0.6) is 0 Å². The van der Waals surface area contributed by atoms with Crippen LogP contribution in [0, 0.1) is 17.0 Å². The molecule has 2 rings (SSSR count). The molecule has 0 saturated heterocycles. The number of nitrogens with one attached hydrogen (secondary N) is 1. The second-order valence-corrected chi connectivity index (χ2v) is 6.79. The summed E-state index contributed by atoms with van der Waals surface area (Å²) in [5.41, 5.74) is 1.12.